The normalized spacial score (nSPS) is 13.2. The molecule has 0 aromatic heterocycles. The van der Waals surface area contributed by atoms with Gasteiger partial charge in [0.15, 0.2) is 0 Å². The SMILES string of the molecule is CC(C)(CNC(=O)C(N)CO)c1ccc(F)cc1. The molecule has 5 heteroatoms. The predicted molar refractivity (Wildman–Crippen MR) is 67.5 cm³/mol. The average Bonchev–Trinajstić information content (AvgIpc) is 2.35. The summed E-state index contributed by atoms with van der Waals surface area (Å²) in [7, 11) is 0. The Labute approximate surface area is 106 Å². The van der Waals surface area contributed by atoms with Gasteiger partial charge in [-0.05, 0) is 17.7 Å². The van der Waals surface area contributed by atoms with E-state index in [0.29, 0.717) is 6.54 Å². The summed E-state index contributed by atoms with van der Waals surface area (Å²) >= 11 is 0. The summed E-state index contributed by atoms with van der Waals surface area (Å²) in [6, 6.07) is 5.24. The molecule has 0 saturated carbocycles. The molecule has 1 aromatic rings. The Morgan fingerprint density at radius 2 is 2.00 bits per heavy atom. The van der Waals surface area contributed by atoms with Crippen LogP contribution in [0.5, 0.6) is 0 Å². The van der Waals surface area contributed by atoms with Gasteiger partial charge < -0.3 is 16.2 Å². The number of nitrogens with two attached hydrogens (primary N) is 1. The summed E-state index contributed by atoms with van der Waals surface area (Å²) in [5, 5.41) is 11.4. The molecule has 1 rings (SSSR count). The Bertz CT molecular complexity index is 404. The molecule has 0 spiro atoms. The highest BCUT2D eigenvalue weighted by Crippen LogP contribution is 2.22. The molecule has 4 N–H and O–H groups in total. The van der Waals surface area contributed by atoms with E-state index in [1.807, 2.05) is 13.8 Å². The van der Waals surface area contributed by atoms with E-state index in [1.54, 1.807) is 12.1 Å². The van der Waals surface area contributed by atoms with Crippen molar-refractivity contribution in [1.29, 1.82) is 0 Å². The highest BCUT2D eigenvalue weighted by atomic mass is 19.1. The standard InChI is InChI=1S/C13H19FN2O2/c1-13(2,8-16-12(18)11(15)7-17)9-3-5-10(14)6-4-9/h3-6,11,17H,7-8,15H2,1-2H3,(H,16,18). The van der Waals surface area contributed by atoms with Crippen molar-refractivity contribution in [3.8, 4) is 0 Å². The molecule has 0 aliphatic rings. The molecule has 0 saturated heterocycles. The van der Waals surface area contributed by atoms with Gasteiger partial charge in [-0.25, -0.2) is 4.39 Å². The highest BCUT2D eigenvalue weighted by molar-refractivity contribution is 5.81. The van der Waals surface area contributed by atoms with Crippen LogP contribution in [0.3, 0.4) is 0 Å². The Balaban J connectivity index is 2.65. The number of nitrogens with one attached hydrogen (secondary N) is 1. The van der Waals surface area contributed by atoms with Gasteiger partial charge in [0.2, 0.25) is 5.91 Å². The van der Waals surface area contributed by atoms with Crippen molar-refractivity contribution in [3.05, 3.63) is 35.6 Å². The van der Waals surface area contributed by atoms with Gasteiger partial charge in [-0.15, -0.1) is 0 Å². The molecule has 4 nitrogen and oxygen atoms in total. The number of carbonyl (C=O) groups is 1. The zero-order valence-corrected chi connectivity index (χ0v) is 10.6. The molecule has 0 aliphatic heterocycles. The first-order chi connectivity index (χ1) is 8.36. The maximum absolute atomic E-state index is 12.8. The molecular formula is C13H19FN2O2. The molecule has 18 heavy (non-hydrogen) atoms. The molecule has 0 fully saturated rings. The van der Waals surface area contributed by atoms with Crippen molar-refractivity contribution in [1.82, 2.24) is 5.32 Å². The molecule has 0 radical (unpaired) electrons. The number of benzene rings is 1. The quantitative estimate of drug-likeness (QED) is 0.718. The summed E-state index contributed by atoms with van der Waals surface area (Å²) in [5.41, 5.74) is 5.98. The molecule has 0 bridgehead atoms. The van der Waals surface area contributed by atoms with E-state index in [2.05, 4.69) is 5.32 Å². The molecule has 1 amide bonds. The molecule has 1 aromatic carbocycles. The minimum Gasteiger partial charge on any atom is -0.394 e. The summed E-state index contributed by atoms with van der Waals surface area (Å²) in [4.78, 5) is 11.5. The van der Waals surface area contributed by atoms with E-state index in [0.717, 1.165) is 5.56 Å². The van der Waals surface area contributed by atoms with Gasteiger partial charge in [-0.1, -0.05) is 26.0 Å². The number of carbonyl (C=O) groups excluding carboxylic acids is 1. The van der Waals surface area contributed by atoms with Crippen molar-refractivity contribution >= 4 is 5.91 Å². The monoisotopic (exact) mass is 254 g/mol. The third-order valence-electron chi connectivity index (χ3n) is 2.86. The number of rotatable bonds is 5. The fourth-order valence-electron chi connectivity index (χ4n) is 1.53. The van der Waals surface area contributed by atoms with Gasteiger partial charge in [-0.3, -0.25) is 4.79 Å². The van der Waals surface area contributed by atoms with E-state index >= 15 is 0 Å². The van der Waals surface area contributed by atoms with E-state index in [4.69, 9.17) is 10.8 Å². The van der Waals surface area contributed by atoms with Crippen molar-refractivity contribution in [3.63, 3.8) is 0 Å². The second-order valence-corrected chi connectivity index (χ2v) is 4.90. The van der Waals surface area contributed by atoms with Gasteiger partial charge in [0, 0.05) is 12.0 Å². The third kappa shape index (κ3) is 3.78. The largest absolute Gasteiger partial charge is 0.394 e. The van der Waals surface area contributed by atoms with Crippen LogP contribution in [0.1, 0.15) is 19.4 Å². The first-order valence-electron chi connectivity index (χ1n) is 5.77. The van der Waals surface area contributed by atoms with E-state index in [-0.39, 0.29) is 17.8 Å². The van der Waals surface area contributed by atoms with Crippen LogP contribution in [-0.2, 0) is 10.2 Å². The Hall–Kier alpha value is -1.46. The number of amides is 1. The number of hydrogen-bond acceptors (Lipinski definition) is 3. The molecule has 1 unspecified atom stereocenters. The maximum Gasteiger partial charge on any atom is 0.239 e. The number of aliphatic hydroxyl groups excluding tert-OH is 1. The lowest BCUT2D eigenvalue weighted by Gasteiger charge is -2.26. The van der Waals surface area contributed by atoms with Crippen LogP contribution in [0.15, 0.2) is 24.3 Å². The zero-order chi connectivity index (χ0) is 13.8. The fraction of sp³-hybridized carbons (Fsp3) is 0.462. The Morgan fingerprint density at radius 3 is 2.50 bits per heavy atom. The van der Waals surface area contributed by atoms with E-state index in [1.165, 1.54) is 12.1 Å². The highest BCUT2D eigenvalue weighted by Gasteiger charge is 2.22. The van der Waals surface area contributed by atoms with Crippen LogP contribution in [0.25, 0.3) is 0 Å². The lowest BCUT2D eigenvalue weighted by atomic mass is 9.84. The lowest BCUT2D eigenvalue weighted by Crippen LogP contribution is -2.46. The van der Waals surface area contributed by atoms with Crippen molar-refractivity contribution in [2.45, 2.75) is 25.3 Å². The fourth-order valence-corrected chi connectivity index (χ4v) is 1.53. The molecule has 1 atom stereocenters. The number of hydrogen-bond donors (Lipinski definition) is 3. The van der Waals surface area contributed by atoms with Gasteiger partial charge in [-0.2, -0.15) is 0 Å². The van der Waals surface area contributed by atoms with Crippen LogP contribution in [-0.4, -0.2) is 30.2 Å². The van der Waals surface area contributed by atoms with E-state index < -0.39 is 11.9 Å². The Kier molecular flexibility index (Phi) is 4.81. The van der Waals surface area contributed by atoms with Crippen LogP contribution in [0, 0.1) is 5.82 Å². The number of aliphatic hydroxyl groups is 1. The average molecular weight is 254 g/mol. The summed E-state index contributed by atoms with van der Waals surface area (Å²) < 4.78 is 12.8. The molecule has 0 aliphatic carbocycles. The van der Waals surface area contributed by atoms with E-state index in [9.17, 15) is 9.18 Å². The van der Waals surface area contributed by atoms with Gasteiger partial charge in [0.05, 0.1) is 6.61 Å². The minimum absolute atomic E-state index is 0.291. The zero-order valence-electron chi connectivity index (χ0n) is 10.6. The van der Waals surface area contributed by atoms with Crippen LogP contribution in [0.4, 0.5) is 4.39 Å². The predicted octanol–water partition coefficient (Wildman–Crippen LogP) is 0.539. The minimum atomic E-state index is -0.908. The van der Waals surface area contributed by atoms with Crippen molar-refractivity contribution in [2.24, 2.45) is 5.73 Å². The first-order valence-corrected chi connectivity index (χ1v) is 5.77. The first kappa shape index (κ1) is 14.6. The smallest absolute Gasteiger partial charge is 0.239 e. The molecular weight excluding hydrogens is 235 g/mol. The maximum atomic E-state index is 12.8. The summed E-state index contributed by atoms with van der Waals surface area (Å²) in [6.07, 6.45) is 0. The van der Waals surface area contributed by atoms with Crippen molar-refractivity contribution < 1.29 is 14.3 Å². The topological polar surface area (TPSA) is 75.4 Å². The Morgan fingerprint density at radius 1 is 1.44 bits per heavy atom. The molecule has 0 heterocycles. The van der Waals surface area contributed by atoms with Gasteiger partial charge >= 0.3 is 0 Å². The van der Waals surface area contributed by atoms with Crippen LogP contribution in [0.2, 0.25) is 0 Å². The number of halogens is 1. The lowest BCUT2D eigenvalue weighted by molar-refractivity contribution is -0.123. The van der Waals surface area contributed by atoms with Crippen LogP contribution >= 0.6 is 0 Å². The second-order valence-electron chi connectivity index (χ2n) is 4.90. The van der Waals surface area contributed by atoms with Gasteiger partial charge in [0.25, 0.3) is 0 Å². The summed E-state index contributed by atoms with van der Waals surface area (Å²) in [5.74, 6) is -0.687. The van der Waals surface area contributed by atoms with Crippen LogP contribution < -0.4 is 11.1 Å². The summed E-state index contributed by atoms with van der Waals surface area (Å²) in [6.45, 7) is 3.85. The second kappa shape index (κ2) is 5.93. The van der Waals surface area contributed by atoms with Gasteiger partial charge in [0.1, 0.15) is 11.9 Å². The third-order valence-corrected chi connectivity index (χ3v) is 2.86. The van der Waals surface area contributed by atoms with Crippen molar-refractivity contribution in [2.75, 3.05) is 13.2 Å². The molecule has 100 valence electrons.